The van der Waals surface area contributed by atoms with Crippen LogP contribution in [-0.2, 0) is 6.54 Å². The zero-order valence-electron chi connectivity index (χ0n) is 16.7. The van der Waals surface area contributed by atoms with Crippen LogP contribution in [0.3, 0.4) is 0 Å². The Hall–Kier alpha value is -3.67. The predicted octanol–water partition coefficient (Wildman–Crippen LogP) is 4.10. The number of nitrogens with two attached hydrogens (primary N) is 1. The Morgan fingerprint density at radius 3 is 2.70 bits per heavy atom. The molecule has 1 aromatic heterocycles. The molecule has 0 saturated carbocycles. The standard InChI is InChI=1S/C24H23FN4O/c1-27-12-19(11-26)22-15-29(14-17-4-2-3-5-21(17)22)24(30)23-10-18(13-28-23)16-6-8-20(25)9-7-16/h2-13,22,28H,14-15,26H2,1H3. The van der Waals surface area contributed by atoms with Crippen molar-refractivity contribution >= 4 is 12.1 Å². The third kappa shape index (κ3) is 3.76. The molecule has 5 nitrogen and oxygen atoms in total. The van der Waals surface area contributed by atoms with E-state index in [0.717, 1.165) is 27.8 Å². The first kappa shape index (κ1) is 19.6. The van der Waals surface area contributed by atoms with E-state index in [2.05, 4.69) is 16.0 Å². The highest BCUT2D eigenvalue weighted by atomic mass is 19.1. The molecule has 1 atom stereocenters. The van der Waals surface area contributed by atoms with E-state index < -0.39 is 0 Å². The van der Waals surface area contributed by atoms with E-state index in [9.17, 15) is 9.18 Å². The molecule has 0 bridgehead atoms. The number of nitrogens with one attached hydrogen (secondary N) is 1. The number of carbonyl (C=O) groups excluding carboxylic acids is 1. The Labute approximate surface area is 174 Å². The van der Waals surface area contributed by atoms with Gasteiger partial charge in [0.25, 0.3) is 5.91 Å². The van der Waals surface area contributed by atoms with Gasteiger partial charge in [0.2, 0.25) is 0 Å². The Kier molecular flexibility index (Phi) is 5.48. The van der Waals surface area contributed by atoms with Crippen LogP contribution in [0.15, 0.2) is 77.6 Å². The molecule has 2 heterocycles. The molecular weight excluding hydrogens is 379 g/mol. The summed E-state index contributed by atoms with van der Waals surface area (Å²) in [5, 5.41) is 0. The number of amides is 1. The molecule has 2 aromatic carbocycles. The van der Waals surface area contributed by atoms with Crippen LogP contribution in [0.25, 0.3) is 11.1 Å². The number of halogens is 1. The molecule has 0 aliphatic carbocycles. The highest BCUT2D eigenvalue weighted by Gasteiger charge is 2.30. The number of benzene rings is 2. The quantitative estimate of drug-likeness (QED) is 0.645. The van der Waals surface area contributed by atoms with Crippen LogP contribution < -0.4 is 5.73 Å². The van der Waals surface area contributed by atoms with Crippen molar-refractivity contribution in [3.05, 3.63) is 95.2 Å². The van der Waals surface area contributed by atoms with Crippen molar-refractivity contribution in [2.45, 2.75) is 12.5 Å². The molecule has 0 saturated heterocycles. The minimum Gasteiger partial charge on any atom is -0.404 e. The summed E-state index contributed by atoms with van der Waals surface area (Å²) < 4.78 is 13.2. The molecule has 1 amide bonds. The van der Waals surface area contributed by atoms with E-state index in [0.29, 0.717) is 18.8 Å². The van der Waals surface area contributed by atoms with Gasteiger partial charge in [0.05, 0.1) is 0 Å². The first-order chi connectivity index (χ1) is 14.6. The van der Waals surface area contributed by atoms with Gasteiger partial charge in [-0.05, 0) is 52.2 Å². The summed E-state index contributed by atoms with van der Waals surface area (Å²) in [6, 6.07) is 16.1. The monoisotopic (exact) mass is 402 g/mol. The molecule has 0 spiro atoms. The van der Waals surface area contributed by atoms with Crippen molar-refractivity contribution in [1.82, 2.24) is 9.88 Å². The lowest BCUT2D eigenvalue weighted by atomic mass is 9.85. The number of H-pyrrole nitrogens is 1. The average molecular weight is 402 g/mol. The van der Waals surface area contributed by atoms with Gasteiger partial charge in [-0.2, -0.15) is 0 Å². The van der Waals surface area contributed by atoms with Crippen LogP contribution >= 0.6 is 0 Å². The average Bonchev–Trinajstić information content (AvgIpc) is 3.27. The number of nitrogens with zero attached hydrogens (tertiary/aromatic N) is 2. The highest BCUT2D eigenvalue weighted by Crippen LogP contribution is 2.33. The van der Waals surface area contributed by atoms with Gasteiger partial charge in [0.15, 0.2) is 0 Å². The van der Waals surface area contributed by atoms with Crippen LogP contribution in [0, 0.1) is 5.82 Å². The summed E-state index contributed by atoms with van der Waals surface area (Å²) in [5.74, 6) is -0.421. The number of rotatable bonds is 4. The van der Waals surface area contributed by atoms with Gasteiger partial charge in [0, 0.05) is 38.5 Å². The number of fused-ring (bicyclic) bond motifs is 1. The molecule has 3 N–H and O–H groups in total. The number of aromatic amines is 1. The zero-order chi connectivity index (χ0) is 21.1. The third-order valence-electron chi connectivity index (χ3n) is 5.45. The summed E-state index contributed by atoms with van der Waals surface area (Å²) in [4.78, 5) is 22.3. The Morgan fingerprint density at radius 1 is 1.20 bits per heavy atom. The molecule has 30 heavy (non-hydrogen) atoms. The maximum absolute atomic E-state index is 13.3. The highest BCUT2D eigenvalue weighted by molar-refractivity contribution is 5.94. The van der Waals surface area contributed by atoms with E-state index >= 15 is 0 Å². The fourth-order valence-corrected chi connectivity index (χ4v) is 3.94. The molecule has 152 valence electrons. The molecule has 0 fully saturated rings. The minimum atomic E-state index is -0.289. The lowest BCUT2D eigenvalue weighted by Crippen LogP contribution is -2.39. The number of aromatic nitrogens is 1. The normalized spacial score (nSPS) is 16.7. The second-order valence-corrected chi connectivity index (χ2v) is 7.30. The lowest BCUT2D eigenvalue weighted by molar-refractivity contribution is 0.0720. The third-order valence-corrected chi connectivity index (χ3v) is 5.45. The lowest BCUT2D eigenvalue weighted by Gasteiger charge is -2.35. The molecule has 0 radical (unpaired) electrons. The minimum absolute atomic E-state index is 0.0425. The zero-order valence-corrected chi connectivity index (χ0v) is 16.7. The molecule has 1 unspecified atom stereocenters. The Bertz CT molecular complexity index is 1110. The number of aliphatic imine (C=N–C) groups is 1. The van der Waals surface area contributed by atoms with E-state index in [4.69, 9.17) is 5.73 Å². The van der Waals surface area contributed by atoms with Crippen molar-refractivity contribution in [2.75, 3.05) is 13.6 Å². The van der Waals surface area contributed by atoms with Crippen LogP contribution in [-0.4, -0.2) is 35.6 Å². The van der Waals surface area contributed by atoms with Gasteiger partial charge in [-0.3, -0.25) is 9.79 Å². The van der Waals surface area contributed by atoms with E-state index in [1.807, 2.05) is 23.1 Å². The summed E-state index contributed by atoms with van der Waals surface area (Å²) >= 11 is 0. The molecule has 1 aliphatic rings. The largest absolute Gasteiger partial charge is 0.404 e. The van der Waals surface area contributed by atoms with Gasteiger partial charge in [0.1, 0.15) is 11.5 Å². The van der Waals surface area contributed by atoms with Gasteiger partial charge < -0.3 is 15.6 Å². The second kappa shape index (κ2) is 8.37. The first-order valence-corrected chi connectivity index (χ1v) is 9.76. The maximum Gasteiger partial charge on any atom is 0.270 e. The van der Waals surface area contributed by atoms with Crippen LogP contribution in [0.4, 0.5) is 4.39 Å². The molecule has 1 aliphatic heterocycles. The fraction of sp³-hybridized carbons (Fsp3) is 0.167. The van der Waals surface area contributed by atoms with Gasteiger partial charge in [-0.25, -0.2) is 4.39 Å². The van der Waals surface area contributed by atoms with E-state index in [-0.39, 0.29) is 17.6 Å². The molecule has 6 heteroatoms. The van der Waals surface area contributed by atoms with Gasteiger partial charge >= 0.3 is 0 Å². The molecule has 4 rings (SSSR count). The van der Waals surface area contributed by atoms with Crippen LogP contribution in [0.5, 0.6) is 0 Å². The van der Waals surface area contributed by atoms with Crippen molar-refractivity contribution < 1.29 is 9.18 Å². The SMILES string of the molecule is CN=CC(=CN)C1CN(C(=O)c2cc(-c3ccc(F)cc3)c[nH]2)Cc2ccccc21. The summed E-state index contributed by atoms with van der Waals surface area (Å²) in [5.41, 5.74) is 11.2. The maximum atomic E-state index is 13.3. The second-order valence-electron chi connectivity index (χ2n) is 7.30. The summed E-state index contributed by atoms with van der Waals surface area (Å²) in [6.07, 6.45) is 5.07. The van der Waals surface area contributed by atoms with Crippen molar-refractivity contribution in [3.8, 4) is 11.1 Å². The smallest absolute Gasteiger partial charge is 0.270 e. The predicted molar refractivity (Wildman–Crippen MR) is 117 cm³/mol. The van der Waals surface area contributed by atoms with Crippen LogP contribution in [0.2, 0.25) is 0 Å². The molecular formula is C24H23FN4O. The van der Waals surface area contributed by atoms with Crippen molar-refractivity contribution in [1.29, 1.82) is 0 Å². The van der Waals surface area contributed by atoms with E-state index in [1.165, 1.54) is 12.1 Å². The Morgan fingerprint density at radius 2 is 1.97 bits per heavy atom. The number of hydrogen-bond acceptors (Lipinski definition) is 3. The van der Waals surface area contributed by atoms with Gasteiger partial charge in [-0.1, -0.05) is 36.4 Å². The van der Waals surface area contributed by atoms with Crippen LogP contribution in [0.1, 0.15) is 27.5 Å². The van der Waals surface area contributed by atoms with Gasteiger partial charge in [-0.15, -0.1) is 0 Å². The Balaban J connectivity index is 1.63. The fourth-order valence-electron chi connectivity index (χ4n) is 3.94. The van der Waals surface area contributed by atoms with E-state index in [1.54, 1.807) is 43.9 Å². The topological polar surface area (TPSA) is 74.5 Å². The number of hydrogen-bond donors (Lipinski definition) is 2. The first-order valence-electron chi connectivity index (χ1n) is 9.76. The van der Waals surface area contributed by atoms with Crippen molar-refractivity contribution in [3.63, 3.8) is 0 Å². The summed E-state index contributed by atoms with van der Waals surface area (Å²) in [6.45, 7) is 1.04. The molecule has 3 aromatic rings. The van der Waals surface area contributed by atoms with Crippen molar-refractivity contribution in [2.24, 2.45) is 10.7 Å². The number of carbonyl (C=O) groups is 1. The summed E-state index contributed by atoms with van der Waals surface area (Å²) in [7, 11) is 1.71.